The van der Waals surface area contributed by atoms with E-state index >= 15 is 0 Å². The van der Waals surface area contributed by atoms with E-state index in [1.165, 1.54) is 26.0 Å². The van der Waals surface area contributed by atoms with E-state index in [0.717, 1.165) is 12.8 Å². The van der Waals surface area contributed by atoms with Crippen molar-refractivity contribution in [2.75, 3.05) is 7.11 Å². The van der Waals surface area contributed by atoms with E-state index < -0.39 is 5.97 Å². The van der Waals surface area contributed by atoms with Crippen molar-refractivity contribution >= 4 is 11.9 Å². The van der Waals surface area contributed by atoms with Crippen LogP contribution >= 0.6 is 0 Å². The third kappa shape index (κ3) is 3.81. The van der Waals surface area contributed by atoms with Crippen molar-refractivity contribution in [2.24, 2.45) is 0 Å². The highest BCUT2D eigenvalue weighted by Crippen LogP contribution is 2.28. The normalized spacial score (nSPS) is 14.4. The Kier molecular flexibility index (Phi) is 5.02. The Hall–Kier alpha value is -2.83. The summed E-state index contributed by atoms with van der Waals surface area (Å²) in [5, 5.41) is 16.3. The number of hydrogen-bond donors (Lipinski definition) is 2. The Balaban J connectivity index is 1.64. The van der Waals surface area contributed by atoms with Gasteiger partial charge in [0, 0.05) is 12.7 Å². The minimum atomic E-state index is -1.07. The van der Waals surface area contributed by atoms with E-state index in [4.69, 9.17) is 4.74 Å². The molecule has 0 aliphatic heterocycles. The van der Waals surface area contributed by atoms with E-state index in [9.17, 15) is 14.7 Å². The van der Waals surface area contributed by atoms with Crippen molar-refractivity contribution in [3.05, 3.63) is 47.3 Å². The molecule has 1 aromatic heterocycles. The van der Waals surface area contributed by atoms with Crippen LogP contribution in [0.1, 0.15) is 58.1 Å². The number of amides is 1. The molecule has 0 spiro atoms. The summed E-state index contributed by atoms with van der Waals surface area (Å²) in [6.45, 7) is 0.222. The maximum absolute atomic E-state index is 12.3. The highest BCUT2D eigenvalue weighted by Gasteiger charge is 2.19. The number of methoxy groups -OCH3 is 1. The van der Waals surface area contributed by atoms with Gasteiger partial charge in [0.05, 0.1) is 13.2 Å². The maximum atomic E-state index is 12.3. The van der Waals surface area contributed by atoms with Crippen LogP contribution in [-0.4, -0.2) is 33.9 Å². The lowest BCUT2D eigenvalue weighted by Crippen LogP contribution is -2.24. The molecule has 1 fully saturated rings. The number of carbonyl (C=O) groups is 2. The highest BCUT2D eigenvalue weighted by atomic mass is 16.5. The zero-order chi connectivity index (χ0) is 17.8. The molecule has 7 nitrogen and oxygen atoms in total. The van der Waals surface area contributed by atoms with Crippen LogP contribution in [0.3, 0.4) is 0 Å². The molecule has 1 aliphatic carbocycles. The van der Waals surface area contributed by atoms with Gasteiger partial charge < -0.3 is 15.2 Å². The molecule has 0 radical (unpaired) electrons. The summed E-state index contributed by atoms with van der Waals surface area (Å²) in [7, 11) is 1.42. The highest BCUT2D eigenvalue weighted by molar-refractivity contribution is 5.92. The van der Waals surface area contributed by atoms with Gasteiger partial charge >= 0.3 is 5.97 Å². The van der Waals surface area contributed by atoms with Gasteiger partial charge in [-0.15, -0.1) is 0 Å². The number of carbonyl (C=O) groups excluding carboxylic acids is 1. The molecular weight excluding hydrogens is 322 g/mol. The number of hydrogen-bond acceptors (Lipinski definition) is 4. The van der Waals surface area contributed by atoms with Crippen LogP contribution in [0.25, 0.3) is 0 Å². The molecule has 1 heterocycles. The van der Waals surface area contributed by atoms with Gasteiger partial charge in [-0.25, -0.2) is 4.79 Å². The number of rotatable bonds is 6. The van der Waals surface area contributed by atoms with E-state index in [-0.39, 0.29) is 23.8 Å². The lowest BCUT2D eigenvalue weighted by molar-refractivity contribution is 0.0693. The topological polar surface area (TPSA) is 93.5 Å². The van der Waals surface area contributed by atoms with Crippen LogP contribution in [0.4, 0.5) is 0 Å². The molecule has 25 heavy (non-hydrogen) atoms. The molecule has 1 aliphatic rings. The summed E-state index contributed by atoms with van der Waals surface area (Å²) in [5.41, 5.74) is 1.13. The van der Waals surface area contributed by atoms with Gasteiger partial charge in [-0.05, 0) is 36.6 Å². The van der Waals surface area contributed by atoms with Crippen molar-refractivity contribution < 1.29 is 19.4 Å². The number of aromatic carboxylic acids is 1. The smallest absolute Gasteiger partial charge is 0.339 e. The van der Waals surface area contributed by atoms with Gasteiger partial charge in [0.1, 0.15) is 17.0 Å². The van der Waals surface area contributed by atoms with Crippen LogP contribution in [0, 0.1) is 0 Å². The summed E-state index contributed by atoms with van der Waals surface area (Å²) in [6.07, 6.45) is 6.46. The first-order valence-corrected chi connectivity index (χ1v) is 8.32. The number of ether oxygens (including phenoxy) is 1. The van der Waals surface area contributed by atoms with Gasteiger partial charge in [0.25, 0.3) is 5.91 Å². The average Bonchev–Trinajstić information content (AvgIpc) is 3.30. The van der Waals surface area contributed by atoms with Gasteiger partial charge in [0.15, 0.2) is 0 Å². The molecule has 1 amide bonds. The van der Waals surface area contributed by atoms with E-state index in [1.54, 1.807) is 18.2 Å². The molecule has 2 N–H and O–H groups in total. The third-order valence-electron chi connectivity index (χ3n) is 4.49. The van der Waals surface area contributed by atoms with Gasteiger partial charge in [-0.2, -0.15) is 5.10 Å². The second-order valence-electron chi connectivity index (χ2n) is 6.14. The Labute approximate surface area is 145 Å². The molecule has 132 valence electrons. The van der Waals surface area contributed by atoms with Crippen LogP contribution < -0.4 is 10.1 Å². The standard InChI is InChI=1S/C18H21N3O4/c1-25-16-7-6-12(10-14(16)18(23)24)11-19-17(22)15-8-9-21(20-15)13-4-2-3-5-13/h6-10,13H,2-5,11H2,1H3,(H,19,22)(H,23,24). The van der Waals surface area contributed by atoms with E-state index in [2.05, 4.69) is 10.4 Å². The summed E-state index contributed by atoms with van der Waals surface area (Å²) >= 11 is 0. The minimum Gasteiger partial charge on any atom is -0.496 e. The molecule has 3 rings (SSSR count). The molecule has 7 heteroatoms. The molecule has 2 aromatic rings. The van der Waals surface area contributed by atoms with E-state index in [1.807, 2.05) is 10.9 Å². The monoisotopic (exact) mass is 343 g/mol. The number of nitrogens with one attached hydrogen (secondary N) is 1. The summed E-state index contributed by atoms with van der Waals surface area (Å²) < 4.78 is 6.90. The minimum absolute atomic E-state index is 0.0692. The predicted molar refractivity (Wildman–Crippen MR) is 90.9 cm³/mol. The van der Waals surface area contributed by atoms with Crippen molar-refractivity contribution in [2.45, 2.75) is 38.3 Å². The molecule has 1 saturated carbocycles. The van der Waals surface area contributed by atoms with Gasteiger partial charge in [-0.1, -0.05) is 18.9 Å². The second-order valence-corrected chi connectivity index (χ2v) is 6.14. The van der Waals surface area contributed by atoms with Crippen molar-refractivity contribution in [3.63, 3.8) is 0 Å². The quantitative estimate of drug-likeness (QED) is 0.841. The van der Waals surface area contributed by atoms with Crippen molar-refractivity contribution in [1.29, 1.82) is 0 Å². The maximum Gasteiger partial charge on any atom is 0.339 e. The Morgan fingerprint density at radius 3 is 2.76 bits per heavy atom. The molecule has 0 atom stereocenters. The molecule has 1 aromatic carbocycles. The van der Waals surface area contributed by atoms with E-state index in [0.29, 0.717) is 17.3 Å². The summed E-state index contributed by atoms with van der Waals surface area (Å²) in [4.78, 5) is 23.5. The number of benzene rings is 1. The SMILES string of the molecule is COc1ccc(CNC(=O)c2ccn(C3CCCC3)n2)cc1C(=O)O. The Bertz CT molecular complexity index is 778. The molecular formula is C18H21N3O4. The first-order valence-electron chi connectivity index (χ1n) is 8.32. The molecule has 0 saturated heterocycles. The summed E-state index contributed by atoms with van der Waals surface area (Å²) in [5.74, 6) is -1.05. The zero-order valence-electron chi connectivity index (χ0n) is 14.1. The number of aromatic nitrogens is 2. The van der Waals surface area contributed by atoms with Crippen LogP contribution in [0.5, 0.6) is 5.75 Å². The lowest BCUT2D eigenvalue weighted by atomic mass is 10.1. The fraction of sp³-hybridized carbons (Fsp3) is 0.389. The van der Waals surface area contributed by atoms with Crippen LogP contribution in [0.15, 0.2) is 30.5 Å². The fourth-order valence-electron chi connectivity index (χ4n) is 3.14. The molecule has 0 bridgehead atoms. The molecule has 0 unspecified atom stereocenters. The Morgan fingerprint density at radius 1 is 1.32 bits per heavy atom. The number of nitrogens with zero attached hydrogens (tertiary/aromatic N) is 2. The second kappa shape index (κ2) is 7.38. The largest absolute Gasteiger partial charge is 0.496 e. The zero-order valence-corrected chi connectivity index (χ0v) is 14.1. The number of carboxylic acid groups (broad SMARTS) is 1. The fourth-order valence-corrected chi connectivity index (χ4v) is 3.14. The third-order valence-corrected chi connectivity index (χ3v) is 4.49. The average molecular weight is 343 g/mol. The predicted octanol–water partition coefficient (Wildman–Crippen LogP) is 2.64. The van der Waals surface area contributed by atoms with Gasteiger partial charge in [0.2, 0.25) is 0 Å². The lowest BCUT2D eigenvalue weighted by Gasteiger charge is -2.09. The first-order chi connectivity index (χ1) is 12.1. The van der Waals surface area contributed by atoms with Gasteiger partial charge in [-0.3, -0.25) is 9.48 Å². The van der Waals surface area contributed by atoms with Crippen molar-refractivity contribution in [3.8, 4) is 5.75 Å². The summed E-state index contributed by atoms with van der Waals surface area (Å²) in [6, 6.07) is 6.91. The van der Waals surface area contributed by atoms with Crippen LogP contribution in [-0.2, 0) is 6.54 Å². The van der Waals surface area contributed by atoms with Crippen molar-refractivity contribution in [1.82, 2.24) is 15.1 Å². The van der Waals surface area contributed by atoms with Crippen LogP contribution in [0.2, 0.25) is 0 Å². The first kappa shape index (κ1) is 17.0. The Morgan fingerprint density at radius 2 is 2.08 bits per heavy atom. The number of carboxylic acids is 1.